The van der Waals surface area contributed by atoms with Crippen molar-refractivity contribution < 1.29 is 14.3 Å². The van der Waals surface area contributed by atoms with Gasteiger partial charge >= 0.3 is 0 Å². The summed E-state index contributed by atoms with van der Waals surface area (Å²) >= 11 is 0. The highest BCUT2D eigenvalue weighted by atomic mass is 16.5. The third kappa shape index (κ3) is 3.56. The number of hydrogen-bond donors (Lipinski definition) is 0. The molecule has 0 bridgehead atoms. The first-order valence-electron chi connectivity index (χ1n) is 8.00. The van der Waals surface area contributed by atoms with Crippen molar-refractivity contribution >= 4 is 5.91 Å². The summed E-state index contributed by atoms with van der Waals surface area (Å²) < 4.78 is 12.7. The predicted octanol–water partition coefficient (Wildman–Crippen LogP) is 1.13. The van der Waals surface area contributed by atoms with Crippen LogP contribution in [-0.2, 0) is 29.0 Å². The summed E-state index contributed by atoms with van der Waals surface area (Å²) in [6, 6.07) is 7.87. The number of nitrogens with zero attached hydrogens (tertiary/aromatic N) is 4. The van der Waals surface area contributed by atoms with Crippen molar-refractivity contribution in [1.82, 2.24) is 19.7 Å². The van der Waals surface area contributed by atoms with Crippen molar-refractivity contribution in [3.8, 4) is 5.75 Å². The van der Waals surface area contributed by atoms with Gasteiger partial charge in [-0.15, -0.1) is 10.2 Å². The summed E-state index contributed by atoms with van der Waals surface area (Å²) in [5.41, 5.74) is 1.08. The van der Waals surface area contributed by atoms with Crippen LogP contribution < -0.4 is 4.74 Å². The Morgan fingerprint density at radius 2 is 2.29 bits per heavy atom. The molecule has 1 aliphatic rings. The van der Waals surface area contributed by atoms with Gasteiger partial charge < -0.3 is 18.9 Å². The molecule has 1 aromatic carbocycles. The molecule has 7 heteroatoms. The molecule has 0 spiro atoms. The molecule has 3 rings (SSSR count). The number of carbonyl (C=O) groups excluding carboxylic acids is 1. The fourth-order valence-corrected chi connectivity index (χ4v) is 2.87. The van der Waals surface area contributed by atoms with E-state index in [1.165, 1.54) is 0 Å². The van der Waals surface area contributed by atoms with Crippen LogP contribution in [-0.4, -0.2) is 52.9 Å². The smallest absolute Gasteiger partial charge is 0.229 e. The van der Waals surface area contributed by atoms with Gasteiger partial charge in [-0.25, -0.2) is 0 Å². The normalized spacial score (nSPS) is 16.3. The number of carbonyl (C=O) groups is 1. The van der Waals surface area contributed by atoms with Gasteiger partial charge in [0.1, 0.15) is 18.7 Å². The van der Waals surface area contributed by atoms with Crippen molar-refractivity contribution in [2.75, 3.05) is 27.4 Å². The molecule has 0 saturated heterocycles. The van der Waals surface area contributed by atoms with Gasteiger partial charge in [0.05, 0.1) is 19.1 Å². The number of ether oxygens (including phenoxy) is 2. The molecule has 1 aromatic heterocycles. The fraction of sp³-hybridized carbons (Fsp3) is 0.471. The van der Waals surface area contributed by atoms with E-state index in [1.807, 2.05) is 28.8 Å². The van der Waals surface area contributed by atoms with E-state index in [2.05, 4.69) is 10.2 Å². The summed E-state index contributed by atoms with van der Waals surface area (Å²) in [6.45, 7) is 2.08. The Bertz CT molecular complexity index is 701. The summed E-state index contributed by atoms with van der Waals surface area (Å²) in [5.74, 6) is 1.52. The first-order valence-corrected chi connectivity index (χ1v) is 8.00. The number of hydrogen-bond acceptors (Lipinski definition) is 5. The fourth-order valence-electron chi connectivity index (χ4n) is 2.87. The number of aromatic nitrogens is 3. The topological polar surface area (TPSA) is 69.5 Å². The van der Waals surface area contributed by atoms with Crippen molar-refractivity contribution in [3.63, 3.8) is 0 Å². The highest BCUT2D eigenvalue weighted by Crippen LogP contribution is 2.27. The number of benzene rings is 1. The number of methoxy groups -OCH3 is 1. The van der Waals surface area contributed by atoms with Gasteiger partial charge in [0.25, 0.3) is 0 Å². The molecule has 0 unspecified atom stereocenters. The lowest BCUT2D eigenvalue weighted by Crippen LogP contribution is -2.38. The summed E-state index contributed by atoms with van der Waals surface area (Å²) in [7, 11) is 3.44. The third-order valence-electron chi connectivity index (χ3n) is 4.22. The molecule has 1 aliphatic heterocycles. The molecule has 1 amide bonds. The monoisotopic (exact) mass is 330 g/mol. The standard InChI is InChI=1S/C17H22N4O3/c1-20(10-16-19-18-12-21(16)7-8-23-2)17(22)14-9-13-5-3-4-6-15(13)24-11-14/h3-6,12,14H,7-11H2,1-2H3/t14-/m0/s1. The van der Waals surface area contributed by atoms with Gasteiger partial charge in [-0.1, -0.05) is 18.2 Å². The molecular formula is C17H22N4O3. The SMILES string of the molecule is COCCn1cnnc1CN(C)C(=O)[C@@H]1COc2ccccc2C1. The molecule has 1 atom stereocenters. The van der Waals surface area contributed by atoms with E-state index in [0.717, 1.165) is 17.1 Å². The van der Waals surface area contributed by atoms with Gasteiger partial charge in [0, 0.05) is 20.7 Å². The number of rotatable bonds is 6. The van der Waals surface area contributed by atoms with Gasteiger partial charge in [0.15, 0.2) is 5.82 Å². The zero-order chi connectivity index (χ0) is 16.9. The van der Waals surface area contributed by atoms with Gasteiger partial charge in [-0.2, -0.15) is 0 Å². The first-order chi connectivity index (χ1) is 11.7. The molecule has 0 radical (unpaired) electrons. The van der Waals surface area contributed by atoms with Crippen LogP contribution in [0.4, 0.5) is 0 Å². The van der Waals surface area contributed by atoms with Crippen LogP contribution in [0.3, 0.4) is 0 Å². The Labute approximate surface area is 141 Å². The molecule has 7 nitrogen and oxygen atoms in total. The Morgan fingerprint density at radius 3 is 3.12 bits per heavy atom. The van der Waals surface area contributed by atoms with E-state index >= 15 is 0 Å². The van der Waals surface area contributed by atoms with E-state index in [0.29, 0.717) is 32.7 Å². The molecule has 24 heavy (non-hydrogen) atoms. The Balaban J connectivity index is 1.62. The Hall–Kier alpha value is -2.41. The van der Waals surface area contributed by atoms with Crippen LogP contribution in [0.25, 0.3) is 0 Å². The maximum atomic E-state index is 12.7. The second-order valence-corrected chi connectivity index (χ2v) is 5.95. The Kier molecular flexibility index (Phi) is 5.10. The molecular weight excluding hydrogens is 308 g/mol. The highest BCUT2D eigenvalue weighted by Gasteiger charge is 2.28. The van der Waals surface area contributed by atoms with E-state index in [1.54, 1.807) is 25.4 Å². The predicted molar refractivity (Wildman–Crippen MR) is 87.5 cm³/mol. The van der Waals surface area contributed by atoms with Crippen LogP contribution in [0.2, 0.25) is 0 Å². The zero-order valence-electron chi connectivity index (χ0n) is 14.0. The molecule has 0 saturated carbocycles. The average molecular weight is 330 g/mol. The molecule has 0 N–H and O–H groups in total. The van der Waals surface area contributed by atoms with Gasteiger partial charge in [-0.05, 0) is 18.1 Å². The number of fused-ring (bicyclic) bond motifs is 1. The van der Waals surface area contributed by atoms with Crippen LogP contribution in [0.5, 0.6) is 5.75 Å². The third-order valence-corrected chi connectivity index (χ3v) is 4.22. The summed E-state index contributed by atoms with van der Waals surface area (Å²) in [5, 5.41) is 8.03. The molecule has 0 aliphatic carbocycles. The minimum atomic E-state index is -0.166. The van der Waals surface area contributed by atoms with Crippen molar-refractivity contribution in [1.29, 1.82) is 0 Å². The van der Waals surface area contributed by atoms with E-state index < -0.39 is 0 Å². The Morgan fingerprint density at radius 1 is 1.46 bits per heavy atom. The van der Waals surface area contributed by atoms with Crippen LogP contribution >= 0.6 is 0 Å². The van der Waals surface area contributed by atoms with Gasteiger partial charge in [0.2, 0.25) is 5.91 Å². The minimum Gasteiger partial charge on any atom is -0.492 e. The van der Waals surface area contributed by atoms with Crippen LogP contribution in [0.1, 0.15) is 11.4 Å². The lowest BCUT2D eigenvalue weighted by atomic mass is 9.95. The lowest BCUT2D eigenvalue weighted by molar-refractivity contribution is -0.136. The number of para-hydroxylation sites is 1. The van der Waals surface area contributed by atoms with Crippen molar-refractivity contribution in [3.05, 3.63) is 42.0 Å². The molecule has 2 heterocycles. The zero-order valence-corrected chi connectivity index (χ0v) is 14.0. The molecule has 2 aromatic rings. The van der Waals surface area contributed by atoms with Crippen molar-refractivity contribution in [2.24, 2.45) is 5.92 Å². The minimum absolute atomic E-state index is 0.0609. The first kappa shape index (κ1) is 16.4. The van der Waals surface area contributed by atoms with Crippen LogP contribution in [0, 0.1) is 5.92 Å². The maximum Gasteiger partial charge on any atom is 0.229 e. The lowest BCUT2D eigenvalue weighted by Gasteiger charge is -2.28. The summed E-state index contributed by atoms with van der Waals surface area (Å²) in [6.07, 6.45) is 2.36. The largest absolute Gasteiger partial charge is 0.492 e. The van der Waals surface area contributed by atoms with E-state index in [9.17, 15) is 4.79 Å². The molecule has 128 valence electrons. The molecule has 0 fully saturated rings. The highest BCUT2D eigenvalue weighted by molar-refractivity contribution is 5.79. The van der Waals surface area contributed by atoms with E-state index in [4.69, 9.17) is 9.47 Å². The maximum absolute atomic E-state index is 12.7. The second-order valence-electron chi connectivity index (χ2n) is 5.95. The second kappa shape index (κ2) is 7.44. The van der Waals surface area contributed by atoms with Gasteiger partial charge in [-0.3, -0.25) is 4.79 Å². The number of amides is 1. The van der Waals surface area contributed by atoms with E-state index in [-0.39, 0.29) is 11.8 Å². The average Bonchev–Trinajstić information content (AvgIpc) is 3.05. The quantitative estimate of drug-likeness (QED) is 0.794. The van der Waals surface area contributed by atoms with Crippen molar-refractivity contribution in [2.45, 2.75) is 19.5 Å². The van der Waals surface area contributed by atoms with Crippen LogP contribution in [0.15, 0.2) is 30.6 Å². The summed E-state index contributed by atoms with van der Waals surface area (Å²) in [4.78, 5) is 14.4.